The maximum Gasteiger partial charge on any atom is 0.256 e. The Balaban J connectivity index is 1.68. The van der Waals surface area contributed by atoms with Crippen molar-refractivity contribution in [1.29, 1.82) is 0 Å². The number of carbonyl (C=O) groups is 1. The predicted molar refractivity (Wildman–Crippen MR) is 85.7 cm³/mol. The molecule has 114 valence electrons. The van der Waals surface area contributed by atoms with Crippen LogP contribution < -0.4 is 4.90 Å². The molecule has 22 heavy (non-hydrogen) atoms. The number of rotatable bonds is 2. The van der Waals surface area contributed by atoms with E-state index >= 15 is 0 Å². The largest absolute Gasteiger partial charge is 0.368 e. The zero-order chi connectivity index (χ0) is 15.5. The first-order chi connectivity index (χ1) is 10.7. The molecule has 2 aromatic rings. The molecule has 1 aliphatic rings. The second kappa shape index (κ2) is 6.18. The number of hydrogen-bond donors (Lipinski definition) is 0. The first-order valence-corrected chi connectivity index (χ1v) is 7.51. The molecule has 3 rings (SSSR count). The third kappa shape index (κ3) is 2.82. The van der Waals surface area contributed by atoms with E-state index in [1.54, 1.807) is 23.1 Å². The molecular formula is C18H19FN2O. The van der Waals surface area contributed by atoms with E-state index in [0.717, 1.165) is 13.1 Å². The van der Waals surface area contributed by atoms with E-state index < -0.39 is 5.82 Å². The number of aryl methyl sites for hydroxylation is 1. The Labute approximate surface area is 130 Å². The summed E-state index contributed by atoms with van der Waals surface area (Å²) in [7, 11) is 0. The average Bonchev–Trinajstić information content (AvgIpc) is 2.55. The van der Waals surface area contributed by atoms with Gasteiger partial charge in [0.15, 0.2) is 0 Å². The normalized spacial score (nSPS) is 15.0. The summed E-state index contributed by atoms with van der Waals surface area (Å²) in [6, 6.07) is 14.4. The molecule has 4 heteroatoms. The van der Waals surface area contributed by atoms with Crippen molar-refractivity contribution in [3.05, 3.63) is 65.5 Å². The molecule has 0 aromatic heterocycles. The second-order valence-corrected chi connectivity index (χ2v) is 5.55. The van der Waals surface area contributed by atoms with Gasteiger partial charge < -0.3 is 9.80 Å². The van der Waals surface area contributed by atoms with Crippen LogP contribution in [-0.2, 0) is 0 Å². The highest BCUT2D eigenvalue weighted by atomic mass is 19.1. The quantitative estimate of drug-likeness (QED) is 0.850. The number of piperazine rings is 1. The Morgan fingerprint density at radius 1 is 0.955 bits per heavy atom. The number of amides is 1. The monoisotopic (exact) mass is 298 g/mol. The smallest absolute Gasteiger partial charge is 0.256 e. The Morgan fingerprint density at radius 3 is 2.27 bits per heavy atom. The lowest BCUT2D eigenvalue weighted by atomic mass is 10.1. The van der Waals surface area contributed by atoms with Crippen LogP contribution in [0.1, 0.15) is 15.9 Å². The number of benzene rings is 2. The molecule has 0 spiro atoms. The fourth-order valence-corrected chi connectivity index (χ4v) is 2.87. The number of anilines is 1. The van der Waals surface area contributed by atoms with Gasteiger partial charge in [-0.1, -0.05) is 30.3 Å². The summed E-state index contributed by atoms with van der Waals surface area (Å²) in [5, 5.41) is 0. The van der Waals surface area contributed by atoms with Crippen molar-refractivity contribution in [3.63, 3.8) is 0 Å². The topological polar surface area (TPSA) is 23.6 Å². The van der Waals surface area contributed by atoms with Crippen molar-refractivity contribution in [2.75, 3.05) is 31.1 Å². The minimum Gasteiger partial charge on any atom is -0.368 e. The van der Waals surface area contributed by atoms with E-state index in [4.69, 9.17) is 0 Å². The van der Waals surface area contributed by atoms with Gasteiger partial charge in [-0.25, -0.2) is 4.39 Å². The zero-order valence-electron chi connectivity index (χ0n) is 12.6. The molecule has 0 atom stereocenters. The van der Waals surface area contributed by atoms with Gasteiger partial charge in [-0.3, -0.25) is 4.79 Å². The van der Waals surface area contributed by atoms with E-state index in [-0.39, 0.29) is 11.5 Å². The summed E-state index contributed by atoms with van der Waals surface area (Å²) < 4.78 is 13.7. The van der Waals surface area contributed by atoms with Crippen LogP contribution in [0.15, 0.2) is 48.5 Å². The summed E-state index contributed by atoms with van der Waals surface area (Å²) in [5.41, 5.74) is 2.60. The van der Waals surface area contributed by atoms with Crippen LogP contribution in [-0.4, -0.2) is 37.0 Å². The van der Waals surface area contributed by atoms with Gasteiger partial charge in [0, 0.05) is 31.9 Å². The third-order valence-corrected chi connectivity index (χ3v) is 4.13. The van der Waals surface area contributed by atoms with Crippen molar-refractivity contribution in [1.82, 2.24) is 4.90 Å². The molecule has 0 aliphatic carbocycles. The molecule has 0 saturated carbocycles. The third-order valence-electron chi connectivity index (χ3n) is 4.13. The number of para-hydroxylation sites is 1. The first kappa shape index (κ1) is 14.6. The Morgan fingerprint density at radius 2 is 1.59 bits per heavy atom. The fraction of sp³-hybridized carbons (Fsp3) is 0.278. The minimum absolute atomic E-state index is 0.159. The molecule has 0 radical (unpaired) electrons. The molecule has 0 N–H and O–H groups in total. The Kier molecular flexibility index (Phi) is 4.09. The molecule has 1 heterocycles. The Bertz CT molecular complexity index is 678. The van der Waals surface area contributed by atoms with E-state index in [2.05, 4.69) is 24.0 Å². The molecule has 3 nitrogen and oxygen atoms in total. The van der Waals surface area contributed by atoms with Gasteiger partial charge in [0.2, 0.25) is 0 Å². The van der Waals surface area contributed by atoms with Crippen molar-refractivity contribution >= 4 is 11.6 Å². The highest BCUT2D eigenvalue weighted by Crippen LogP contribution is 2.21. The second-order valence-electron chi connectivity index (χ2n) is 5.55. The van der Waals surface area contributed by atoms with E-state index in [0.29, 0.717) is 13.1 Å². The van der Waals surface area contributed by atoms with Gasteiger partial charge in [0.1, 0.15) is 5.82 Å². The summed E-state index contributed by atoms with van der Waals surface area (Å²) in [4.78, 5) is 16.4. The van der Waals surface area contributed by atoms with Crippen molar-refractivity contribution in [2.45, 2.75) is 6.92 Å². The van der Waals surface area contributed by atoms with Crippen LogP contribution >= 0.6 is 0 Å². The minimum atomic E-state index is -0.450. The van der Waals surface area contributed by atoms with Gasteiger partial charge in [0.25, 0.3) is 5.91 Å². The standard InChI is InChI=1S/C18H19FN2O/c1-14-6-2-5-9-17(14)20-10-12-21(13-11-20)18(22)15-7-3-4-8-16(15)19/h2-9H,10-13H2,1H3. The van der Waals surface area contributed by atoms with Crippen LogP contribution in [0.25, 0.3) is 0 Å². The summed E-state index contributed by atoms with van der Waals surface area (Å²) in [6.45, 7) is 4.85. The van der Waals surface area contributed by atoms with Gasteiger partial charge in [-0.2, -0.15) is 0 Å². The van der Waals surface area contributed by atoms with Crippen molar-refractivity contribution in [3.8, 4) is 0 Å². The predicted octanol–water partition coefficient (Wildman–Crippen LogP) is 3.10. The van der Waals surface area contributed by atoms with Crippen molar-refractivity contribution < 1.29 is 9.18 Å². The van der Waals surface area contributed by atoms with Crippen molar-refractivity contribution in [2.24, 2.45) is 0 Å². The fourth-order valence-electron chi connectivity index (χ4n) is 2.87. The van der Waals surface area contributed by atoms with Gasteiger partial charge >= 0.3 is 0 Å². The van der Waals surface area contributed by atoms with E-state index in [1.165, 1.54) is 17.3 Å². The number of nitrogens with zero attached hydrogens (tertiary/aromatic N) is 2. The molecule has 0 bridgehead atoms. The molecule has 1 fully saturated rings. The lowest BCUT2D eigenvalue weighted by molar-refractivity contribution is 0.0742. The zero-order valence-corrected chi connectivity index (χ0v) is 12.6. The lowest BCUT2D eigenvalue weighted by Crippen LogP contribution is -2.49. The van der Waals surface area contributed by atoms with Gasteiger partial charge in [-0.05, 0) is 30.7 Å². The SMILES string of the molecule is Cc1ccccc1N1CCN(C(=O)c2ccccc2F)CC1. The first-order valence-electron chi connectivity index (χ1n) is 7.51. The molecule has 1 amide bonds. The molecule has 2 aromatic carbocycles. The van der Waals surface area contributed by atoms with Crippen LogP contribution in [0, 0.1) is 12.7 Å². The van der Waals surface area contributed by atoms with Gasteiger partial charge in [0.05, 0.1) is 5.56 Å². The number of hydrogen-bond acceptors (Lipinski definition) is 2. The average molecular weight is 298 g/mol. The van der Waals surface area contributed by atoms with Crippen LogP contribution in [0.3, 0.4) is 0 Å². The van der Waals surface area contributed by atoms with E-state index in [9.17, 15) is 9.18 Å². The summed E-state index contributed by atoms with van der Waals surface area (Å²) >= 11 is 0. The maximum atomic E-state index is 13.7. The number of carbonyl (C=O) groups excluding carboxylic acids is 1. The molecule has 1 saturated heterocycles. The van der Waals surface area contributed by atoms with Crippen LogP contribution in [0.2, 0.25) is 0 Å². The molecular weight excluding hydrogens is 279 g/mol. The molecule has 0 unspecified atom stereocenters. The maximum absolute atomic E-state index is 13.7. The number of halogens is 1. The van der Waals surface area contributed by atoms with E-state index in [1.807, 2.05) is 12.1 Å². The van der Waals surface area contributed by atoms with Crippen LogP contribution in [0.5, 0.6) is 0 Å². The van der Waals surface area contributed by atoms with Crippen LogP contribution in [0.4, 0.5) is 10.1 Å². The molecule has 1 aliphatic heterocycles. The summed E-state index contributed by atoms with van der Waals surface area (Å²) in [6.07, 6.45) is 0. The highest BCUT2D eigenvalue weighted by molar-refractivity contribution is 5.94. The van der Waals surface area contributed by atoms with Gasteiger partial charge in [-0.15, -0.1) is 0 Å². The highest BCUT2D eigenvalue weighted by Gasteiger charge is 2.24. The summed E-state index contributed by atoms with van der Waals surface area (Å²) in [5.74, 6) is -0.670. The Hall–Kier alpha value is -2.36. The lowest BCUT2D eigenvalue weighted by Gasteiger charge is -2.36.